The number of carbonyl (C=O) groups excluding carboxylic acids is 1. The molecule has 0 saturated carbocycles. The van der Waals surface area contributed by atoms with Crippen molar-refractivity contribution in [2.45, 2.75) is 38.1 Å². The SMILES string of the molecule is CN1CCC(N2CCCC(C(=O)N(C)CCc3ccccc3)C2)CC1. The molecule has 25 heavy (non-hydrogen) atoms. The average Bonchev–Trinajstić information content (AvgIpc) is 2.67. The molecule has 1 aromatic carbocycles. The predicted octanol–water partition coefficient (Wildman–Crippen LogP) is 2.49. The van der Waals surface area contributed by atoms with Crippen LogP contribution in [-0.4, -0.2) is 73.5 Å². The number of hydrogen-bond acceptors (Lipinski definition) is 3. The molecule has 0 aromatic heterocycles. The van der Waals surface area contributed by atoms with E-state index >= 15 is 0 Å². The van der Waals surface area contributed by atoms with Crippen LogP contribution in [-0.2, 0) is 11.2 Å². The minimum absolute atomic E-state index is 0.189. The fourth-order valence-corrected chi connectivity index (χ4v) is 4.26. The Morgan fingerprint density at radius 3 is 2.56 bits per heavy atom. The number of rotatable bonds is 5. The second-order valence-corrected chi connectivity index (χ2v) is 7.86. The molecule has 4 nitrogen and oxygen atoms in total. The lowest BCUT2D eigenvalue weighted by molar-refractivity contribution is -0.136. The van der Waals surface area contributed by atoms with Crippen molar-refractivity contribution in [2.75, 3.05) is 46.8 Å². The van der Waals surface area contributed by atoms with Crippen molar-refractivity contribution < 1.29 is 4.79 Å². The molecule has 2 aliphatic rings. The fourth-order valence-electron chi connectivity index (χ4n) is 4.26. The van der Waals surface area contributed by atoms with Crippen molar-refractivity contribution in [3.63, 3.8) is 0 Å². The fraction of sp³-hybridized carbons (Fsp3) is 0.667. The van der Waals surface area contributed by atoms with Gasteiger partial charge in [-0.05, 0) is 64.3 Å². The molecule has 2 fully saturated rings. The first-order chi connectivity index (χ1) is 12.1. The Balaban J connectivity index is 1.49. The maximum Gasteiger partial charge on any atom is 0.226 e. The second-order valence-electron chi connectivity index (χ2n) is 7.86. The zero-order chi connectivity index (χ0) is 17.6. The van der Waals surface area contributed by atoms with Crippen LogP contribution in [0.2, 0.25) is 0 Å². The van der Waals surface area contributed by atoms with Gasteiger partial charge in [-0.25, -0.2) is 0 Å². The van der Waals surface area contributed by atoms with Gasteiger partial charge in [-0.2, -0.15) is 0 Å². The van der Waals surface area contributed by atoms with Gasteiger partial charge in [0.1, 0.15) is 0 Å². The Labute approximate surface area is 152 Å². The first kappa shape index (κ1) is 18.4. The van der Waals surface area contributed by atoms with Crippen LogP contribution in [0.3, 0.4) is 0 Å². The molecule has 2 saturated heterocycles. The van der Waals surface area contributed by atoms with E-state index in [-0.39, 0.29) is 5.92 Å². The standard InChI is InChI=1S/C21H33N3O/c1-22-14-11-20(12-15-22)24-13-6-9-19(17-24)21(25)23(2)16-10-18-7-4-3-5-8-18/h3-5,7-8,19-20H,6,9-17H2,1-2H3. The molecule has 3 rings (SSSR count). The van der Waals surface area contributed by atoms with Crippen LogP contribution < -0.4 is 0 Å². The zero-order valence-electron chi connectivity index (χ0n) is 15.9. The van der Waals surface area contributed by atoms with Crippen LogP contribution in [0.25, 0.3) is 0 Å². The molecule has 0 spiro atoms. The highest BCUT2D eigenvalue weighted by atomic mass is 16.2. The lowest BCUT2D eigenvalue weighted by atomic mass is 9.93. The van der Waals surface area contributed by atoms with Crippen molar-refractivity contribution in [1.82, 2.24) is 14.7 Å². The number of benzene rings is 1. The third-order valence-electron chi connectivity index (χ3n) is 5.96. The lowest BCUT2D eigenvalue weighted by Crippen LogP contribution is -2.50. The maximum absolute atomic E-state index is 12.9. The van der Waals surface area contributed by atoms with E-state index in [1.165, 1.54) is 38.0 Å². The van der Waals surface area contributed by atoms with Gasteiger partial charge in [-0.15, -0.1) is 0 Å². The van der Waals surface area contributed by atoms with E-state index in [0.29, 0.717) is 11.9 Å². The molecule has 4 heteroatoms. The van der Waals surface area contributed by atoms with Gasteiger partial charge in [0.2, 0.25) is 5.91 Å². The molecule has 2 heterocycles. The maximum atomic E-state index is 12.9. The second kappa shape index (κ2) is 8.81. The van der Waals surface area contributed by atoms with Gasteiger partial charge in [0.05, 0.1) is 5.92 Å². The van der Waals surface area contributed by atoms with E-state index in [2.05, 4.69) is 41.1 Å². The highest BCUT2D eigenvalue weighted by Crippen LogP contribution is 2.24. The van der Waals surface area contributed by atoms with Crippen LogP contribution in [0.15, 0.2) is 30.3 Å². The summed E-state index contributed by atoms with van der Waals surface area (Å²) in [6.07, 6.45) is 5.66. The number of hydrogen-bond donors (Lipinski definition) is 0. The van der Waals surface area contributed by atoms with Gasteiger partial charge >= 0.3 is 0 Å². The van der Waals surface area contributed by atoms with Crippen LogP contribution in [0.1, 0.15) is 31.2 Å². The van der Waals surface area contributed by atoms with Crippen LogP contribution in [0.4, 0.5) is 0 Å². The van der Waals surface area contributed by atoms with E-state index in [0.717, 1.165) is 32.4 Å². The summed E-state index contributed by atoms with van der Waals surface area (Å²) < 4.78 is 0. The Morgan fingerprint density at radius 2 is 1.84 bits per heavy atom. The number of amides is 1. The largest absolute Gasteiger partial charge is 0.345 e. The number of carbonyl (C=O) groups is 1. The smallest absolute Gasteiger partial charge is 0.226 e. The number of nitrogens with zero attached hydrogens (tertiary/aromatic N) is 3. The normalized spacial score (nSPS) is 23.5. The Morgan fingerprint density at radius 1 is 1.12 bits per heavy atom. The van der Waals surface area contributed by atoms with Crippen molar-refractivity contribution in [3.8, 4) is 0 Å². The third kappa shape index (κ3) is 5.05. The number of likely N-dealkylation sites (tertiary alicyclic amines) is 2. The Hall–Kier alpha value is -1.39. The van der Waals surface area contributed by atoms with Crippen LogP contribution in [0.5, 0.6) is 0 Å². The molecule has 1 atom stereocenters. The van der Waals surface area contributed by atoms with Gasteiger partial charge < -0.3 is 9.80 Å². The van der Waals surface area contributed by atoms with E-state index < -0.39 is 0 Å². The van der Waals surface area contributed by atoms with E-state index in [9.17, 15) is 4.79 Å². The van der Waals surface area contributed by atoms with Gasteiger partial charge in [-0.1, -0.05) is 30.3 Å². The van der Waals surface area contributed by atoms with E-state index in [4.69, 9.17) is 0 Å². The molecule has 138 valence electrons. The Bertz CT molecular complexity index is 539. The number of likely N-dealkylation sites (N-methyl/N-ethyl adjacent to an activating group) is 1. The van der Waals surface area contributed by atoms with Crippen molar-refractivity contribution in [3.05, 3.63) is 35.9 Å². The highest BCUT2D eigenvalue weighted by Gasteiger charge is 2.32. The topological polar surface area (TPSA) is 26.8 Å². The summed E-state index contributed by atoms with van der Waals surface area (Å²) >= 11 is 0. The molecule has 1 amide bonds. The summed E-state index contributed by atoms with van der Waals surface area (Å²) in [5.41, 5.74) is 1.30. The minimum Gasteiger partial charge on any atom is -0.345 e. The lowest BCUT2D eigenvalue weighted by Gasteiger charge is -2.41. The average molecular weight is 344 g/mol. The molecule has 1 aromatic rings. The molecule has 2 aliphatic heterocycles. The van der Waals surface area contributed by atoms with Gasteiger partial charge in [0.25, 0.3) is 0 Å². The first-order valence-electron chi connectivity index (χ1n) is 9.85. The van der Waals surface area contributed by atoms with Crippen molar-refractivity contribution in [2.24, 2.45) is 5.92 Å². The molecular formula is C21H33N3O. The number of piperidine rings is 2. The molecule has 0 radical (unpaired) electrons. The van der Waals surface area contributed by atoms with Gasteiger partial charge in [0.15, 0.2) is 0 Å². The van der Waals surface area contributed by atoms with Crippen LogP contribution in [0, 0.1) is 5.92 Å². The highest BCUT2D eigenvalue weighted by molar-refractivity contribution is 5.79. The Kier molecular flexibility index (Phi) is 6.49. The summed E-state index contributed by atoms with van der Waals surface area (Å²) in [4.78, 5) is 19.9. The van der Waals surface area contributed by atoms with Gasteiger partial charge in [-0.3, -0.25) is 9.69 Å². The van der Waals surface area contributed by atoms with Crippen LogP contribution >= 0.6 is 0 Å². The third-order valence-corrected chi connectivity index (χ3v) is 5.96. The summed E-state index contributed by atoms with van der Waals surface area (Å²) in [6, 6.07) is 11.1. The monoisotopic (exact) mass is 343 g/mol. The molecule has 1 unspecified atom stereocenters. The molecule has 0 bridgehead atoms. The molecule has 0 aliphatic carbocycles. The summed E-state index contributed by atoms with van der Waals surface area (Å²) in [5, 5.41) is 0. The summed E-state index contributed by atoms with van der Waals surface area (Å²) in [7, 11) is 4.18. The predicted molar refractivity (Wildman–Crippen MR) is 103 cm³/mol. The van der Waals surface area contributed by atoms with E-state index in [1.54, 1.807) is 0 Å². The van der Waals surface area contributed by atoms with E-state index in [1.807, 2.05) is 18.0 Å². The summed E-state index contributed by atoms with van der Waals surface area (Å²) in [5.74, 6) is 0.530. The molecule has 0 N–H and O–H groups in total. The van der Waals surface area contributed by atoms with Crippen molar-refractivity contribution >= 4 is 5.91 Å². The minimum atomic E-state index is 0.189. The van der Waals surface area contributed by atoms with Crippen molar-refractivity contribution in [1.29, 1.82) is 0 Å². The zero-order valence-corrected chi connectivity index (χ0v) is 15.9. The quantitative estimate of drug-likeness (QED) is 0.822. The summed E-state index contributed by atoms with van der Waals surface area (Å²) in [6.45, 7) is 5.33. The van der Waals surface area contributed by atoms with Gasteiger partial charge in [0, 0.05) is 26.2 Å². The first-order valence-corrected chi connectivity index (χ1v) is 9.85. The molecular weight excluding hydrogens is 310 g/mol.